The minimum Gasteiger partial charge on any atom is -0.338 e. The van der Waals surface area contributed by atoms with Crippen LogP contribution in [-0.4, -0.2) is 48.6 Å². The number of halogens is 1. The minimum atomic E-state index is -0.00458. The van der Waals surface area contributed by atoms with Crippen LogP contribution in [0.3, 0.4) is 0 Å². The maximum absolute atomic E-state index is 12.3. The molecule has 3 rings (SSSR count). The van der Waals surface area contributed by atoms with Gasteiger partial charge in [0.1, 0.15) is 0 Å². The molecule has 1 heterocycles. The lowest BCUT2D eigenvalue weighted by Gasteiger charge is -2.34. The molecular formula is C21H23ClN4O. The highest BCUT2D eigenvalue weighted by Gasteiger charge is 2.20. The maximum atomic E-state index is 12.3. The molecule has 0 aliphatic carbocycles. The smallest absolute Gasteiger partial charge is 0.317 e. The number of rotatable bonds is 5. The Morgan fingerprint density at radius 2 is 1.81 bits per heavy atom. The second-order valence-corrected chi connectivity index (χ2v) is 7.12. The molecule has 140 valence electrons. The van der Waals surface area contributed by atoms with Gasteiger partial charge in [-0.3, -0.25) is 4.90 Å². The summed E-state index contributed by atoms with van der Waals surface area (Å²) in [6, 6.07) is 17.5. The second-order valence-electron chi connectivity index (χ2n) is 6.68. The zero-order valence-corrected chi connectivity index (χ0v) is 16.0. The molecule has 0 atom stereocenters. The Hall–Kier alpha value is -2.55. The fourth-order valence-corrected chi connectivity index (χ4v) is 3.38. The second kappa shape index (κ2) is 9.40. The summed E-state index contributed by atoms with van der Waals surface area (Å²) < 4.78 is 0. The first-order valence-corrected chi connectivity index (χ1v) is 9.50. The largest absolute Gasteiger partial charge is 0.338 e. The van der Waals surface area contributed by atoms with Gasteiger partial charge < -0.3 is 10.2 Å². The van der Waals surface area contributed by atoms with Gasteiger partial charge in [0, 0.05) is 44.3 Å². The fraction of sp³-hybridized carbons (Fsp3) is 0.333. The third kappa shape index (κ3) is 5.72. The van der Waals surface area contributed by atoms with Gasteiger partial charge in [-0.05, 0) is 41.8 Å². The van der Waals surface area contributed by atoms with Crippen molar-refractivity contribution in [3.63, 3.8) is 0 Å². The number of amides is 2. The van der Waals surface area contributed by atoms with Crippen molar-refractivity contribution in [3.05, 3.63) is 70.2 Å². The summed E-state index contributed by atoms with van der Waals surface area (Å²) in [5, 5.41) is 12.6. The number of nitriles is 1. The normalized spacial score (nSPS) is 14.6. The van der Waals surface area contributed by atoms with Gasteiger partial charge in [0.25, 0.3) is 0 Å². The van der Waals surface area contributed by atoms with E-state index in [0.29, 0.717) is 12.1 Å². The third-order valence-corrected chi connectivity index (χ3v) is 4.96. The van der Waals surface area contributed by atoms with Crippen LogP contribution in [0.2, 0.25) is 5.02 Å². The van der Waals surface area contributed by atoms with E-state index in [1.807, 2.05) is 53.4 Å². The van der Waals surface area contributed by atoms with Crippen LogP contribution in [0.1, 0.15) is 16.7 Å². The van der Waals surface area contributed by atoms with E-state index in [2.05, 4.69) is 16.3 Å². The molecule has 1 N–H and O–H groups in total. The Morgan fingerprint density at radius 3 is 2.48 bits per heavy atom. The molecule has 1 fully saturated rings. The van der Waals surface area contributed by atoms with E-state index in [-0.39, 0.29) is 6.03 Å². The number of carbonyl (C=O) groups is 1. The third-order valence-electron chi connectivity index (χ3n) is 4.73. The van der Waals surface area contributed by atoms with Gasteiger partial charge in [0.2, 0.25) is 0 Å². The van der Waals surface area contributed by atoms with Crippen LogP contribution in [0.25, 0.3) is 0 Å². The van der Waals surface area contributed by atoms with E-state index in [9.17, 15) is 4.79 Å². The highest BCUT2D eigenvalue weighted by atomic mass is 35.5. The van der Waals surface area contributed by atoms with E-state index >= 15 is 0 Å². The quantitative estimate of drug-likeness (QED) is 0.863. The topological polar surface area (TPSA) is 59.4 Å². The first-order valence-electron chi connectivity index (χ1n) is 9.12. The van der Waals surface area contributed by atoms with E-state index in [4.69, 9.17) is 16.9 Å². The van der Waals surface area contributed by atoms with Gasteiger partial charge in [0.15, 0.2) is 0 Å². The van der Waals surface area contributed by atoms with Crippen LogP contribution in [-0.2, 0) is 13.0 Å². The van der Waals surface area contributed by atoms with Gasteiger partial charge in [-0.25, -0.2) is 4.79 Å². The molecule has 0 bridgehead atoms. The molecule has 6 heteroatoms. The Bertz CT molecular complexity index is 808. The number of carbonyl (C=O) groups excluding carboxylic acids is 1. The molecule has 27 heavy (non-hydrogen) atoms. The lowest BCUT2D eigenvalue weighted by atomic mass is 10.1. The van der Waals surface area contributed by atoms with Gasteiger partial charge in [-0.15, -0.1) is 0 Å². The monoisotopic (exact) mass is 382 g/mol. The van der Waals surface area contributed by atoms with Crippen molar-refractivity contribution < 1.29 is 4.79 Å². The molecule has 1 saturated heterocycles. The van der Waals surface area contributed by atoms with Crippen LogP contribution >= 0.6 is 11.6 Å². The highest BCUT2D eigenvalue weighted by Crippen LogP contribution is 2.12. The van der Waals surface area contributed by atoms with Gasteiger partial charge in [-0.2, -0.15) is 5.26 Å². The molecule has 1 aliphatic rings. The van der Waals surface area contributed by atoms with Crippen LogP contribution < -0.4 is 5.32 Å². The van der Waals surface area contributed by atoms with E-state index in [1.54, 1.807) is 0 Å². The Labute approximate surface area is 165 Å². The highest BCUT2D eigenvalue weighted by molar-refractivity contribution is 6.30. The molecule has 2 aromatic rings. The summed E-state index contributed by atoms with van der Waals surface area (Å²) in [6.45, 7) is 4.59. The summed E-state index contributed by atoms with van der Waals surface area (Å²) in [4.78, 5) is 16.5. The molecule has 0 saturated carbocycles. The Morgan fingerprint density at radius 1 is 1.07 bits per heavy atom. The Kier molecular flexibility index (Phi) is 6.69. The lowest BCUT2D eigenvalue weighted by molar-refractivity contribution is 0.135. The number of hydrogen-bond donors (Lipinski definition) is 1. The SMILES string of the molecule is N#Cc1ccc(CN2CCN(C(=O)NCCc3cccc(Cl)c3)CC2)cc1. The molecule has 0 unspecified atom stereocenters. The zero-order chi connectivity index (χ0) is 19.1. The zero-order valence-electron chi connectivity index (χ0n) is 15.2. The average molecular weight is 383 g/mol. The molecular weight excluding hydrogens is 360 g/mol. The predicted molar refractivity (Wildman–Crippen MR) is 107 cm³/mol. The van der Waals surface area contributed by atoms with Crippen LogP contribution in [0.4, 0.5) is 4.79 Å². The maximum Gasteiger partial charge on any atom is 0.317 e. The van der Waals surface area contributed by atoms with Gasteiger partial charge in [-0.1, -0.05) is 35.9 Å². The molecule has 5 nitrogen and oxygen atoms in total. The van der Waals surface area contributed by atoms with E-state index in [1.165, 1.54) is 5.56 Å². The van der Waals surface area contributed by atoms with Gasteiger partial charge in [0.05, 0.1) is 11.6 Å². The predicted octanol–water partition coefficient (Wildman–Crippen LogP) is 3.28. The van der Waals surface area contributed by atoms with Crippen molar-refractivity contribution in [2.24, 2.45) is 0 Å². The van der Waals surface area contributed by atoms with Crippen molar-refractivity contribution in [2.75, 3.05) is 32.7 Å². The number of nitrogens with one attached hydrogen (secondary N) is 1. The van der Waals surface area contributed by atoms with E-state index in [0.717, 1.165) is 49.7 Å². The summed E-state index contributed by atoms with van der Waals surface area (Å²) in [7, 11) is 0. The number of benzene rings is 2. The van der Waals surface area contributed by atoms with Crippen molar-refractivity contribution in [2.45, 2.75) is 13.0 Å². The summed E-state index contributed by atoms with van der Waals surface area (Å²) in [5.74, 6) is 0. The number of urea groups is 1. The first kappa shape index (κ1) is 19.2. The first-order chi connectivity index (χ1) is 13.1. The molecule has 0 spiro atoms. The molecule has 1 aliphatic heterocycles. The molecule has 0 aromatic heterocycles. The van der Waals surface area contributed by atoms with Crippen LogP contribution in [0.15, 0.2) is 48.5 Å². The minimum absolute atomic E-state index is 0.00458. The molecule has 2 aromatic carbocycles. The standard InChI is InChI=1S/C21H23ClN4O/c22-20-3-1-2-17(14-20)8-9-24-21(27)26-12-10-25(11-13-26)16-19-6-4-18(15-23)5-7-19/h1-7,14H,8-13,16H2,(H,24,27). The van der Waals surface area contributed by atoms with Crippen molar-refractivity contribution in [1.82, 2.24) is 15.1 Å². The number of hydrogen-bond acceptors (Lipinski definition) is 3. The molecule has 2 amide bonds. The number of piperazine rings is 1. The van der Waals surface area contributed by atoms with Crippen molar-refractivity contribution in [1.29, 1.82) is 5.26 Å². The van der Waals surface area contributed by atoms with Crippen molar-refractivity contribution in [3.8, 4) is 6.07 Å². The van der Waals surface area contributed by atoms with Crippen LogP contribution in [0, 0.1) is 11.3 Å². The van der Waals surface area contributed by atoms with Crippen molar-refractivity contribution >= 4 is 17.6 Å². The summed E-state index contributed by atoms with van der Waals surface area (Å²) >= 11 is 5.98. The summed E-state index contributed by atoms with van der Waals surface area (Å²) in [5.41, 5.74) is 2.99. The van der Waals surface area contributed by atoms with E-state index < -0.39 is 0 Å². The Balaban J connectivity index is 1.39. The number of nitrogens with zero attached hydrogens (tertiary/aromatic N) is 3. The van der Waals surface area contributed by atoms with Gasteiger partial charge >= 0.3 is 6.03 Å². The van der Waals surface area contributed by atoms with Crippen LogP contribution in [0.5, 0.6) is 0 Å². The fourth-order valence-electron chi connectivity index (χ4n) is 3.17. The average Bonchev–Trinajstić information content (AvgIpc) is 2.69. The lowest BCUT2D eigenvalue weighted by Crippen LogP contribution is -2.51. The molecule has 0 radical (unpaired) electrons. The summed E-state index contributed by atoms with van der Waals surface area (Å²) in [6.07, 6.45) is 0.769.